The van der Waals surface area contributed by atoms with Crippen molar-refractivity contribution in [3.63, 3.8) is 0 Å². The fourth-order valence-corrected chi connectivity index (χ4v) is 5.09. The van der Waals surface area contributed by atoms with Gasteiger partial charge in [-0.25, -0.2) is 19.2 Å². The molecule has 4 N–H and O–H groups in total. The first-order chi connectivity index (χ1) is 22.0. The van der Waals surface area contributed by atoms with Crippen molar-refractivity contribution in [1.82, 2.24) is 19.9 Å². The molecule has 238 valence electrons. The molecule has 0 unspecified atom stereocenters. The summed E-state index contributed by atoms with van der Waals surface area (Å²) in [5.74, 6) is 0.0922. The van der Waals surface area contributed by atoms with Gasteiger partial charge in [-0.1, -0.05) is 0 Å². The maximum atomic E-state index is 15.4. The summed E-state index contributed by atoms with van der Waals surface area (Å²) in [5.41, 5.74) is 11.6. The molecule has 3 amide bonds. The molecule has 46 heavy (non-hydrogen) atoms. The third kappa shape index (κ3) is 6.94. The number of allylic oxidation sites excluding steroid dienone is 2. The minimum Gasteiger partial charge on any atom is -0.402 e. The minimum atomic E-state index is -0.665. The lowest BCUT2D eigenvalue weighted by Crippen LogP contribution is -2.37. The van der Waals surface area contributed by atoms with Gasteiger partial charge in [0.2, 0.25) is 0 Å². The number of aliphatic imine (C=N–C) groups is 1. The van der Waals surface area contributed by atoms with Crippen molar-refractivity contribution in [2.75, 3.05) is 63.0 Å². The number of urea groups is 1. The van der Waals surface area contributed by atoms with E-state index in [-0.39, 0.29) is 11.6 Å². The first-order valence-corrected chi connectivity index (χ1v) is 14.7. The van der Waals surface area contributed by atoms with E-state index in [0.29, 0.717) is 71.5 Å². The Hall–Kier alpha value is -5.43. The highest BCUT2D eigenvalue weighted by Gasteiger charge is 2.21. The second-order valence-corrected chi connectivity index (χ2v) is 11.0. The molecule has 1 aliphatic heterocycles. The van der Waals surface area contributed by atoms with Gasteiger partial charge in [0.25, 0.3) is 5.91 Å². The summed E-state index contributed by atoms with van der Waals surface area (Å²) in [7, 11) is 5.02. The number of fused-ring (bicyclic) bond motifs is 1. The van der Waals surface area contributed by atoms with Gasteiger partial charge >= 0.3 is 6.03 Å². The van der Waals surface area contributed by atoms with Gasteiger partial charge in [0, 0.05) is 79.8 Å². The van der Waals surface area contributed by atoms with Crippen LogP contribution in [-0.2, 0) is 4.74 Å². The highest BCUT2D eigenvalue weighted by atomic mass is 19.1. The molecule has 13 heteroatoms. The van der Waals surface area contributed by atoms with Gasteiger partial charge in [-0.2, -0.15) is 0 Å². The standard InChI is InChI=1S/C33H36FN9O3/c1-19(35)28(20(2)36-3)23-17-27-29(37-18-23)31(43-12-14-46-15-13-43)41-30(39-27)22-8-11-26(25(34)16-22)40-33(45)38-24-9-6-21(7-10-24)32(44)42(4)5/h6-11,16-18H,12-15,35H2,1-5H3,(H2,38,40,45). The molecule has 2 aromatic carbocycles. The molecule has 0 atom stereocenters. The Kier molecular flexibility index (Phi) is 9.52. The number of pyridine rings is 1. The molecular weight excluding hydrogens is 589 g/mol. The lowest BCUT2D eigenvalue weighted by molar-refractivity contribution is 0.0827. The number of amides is 3. The third-order valence-electron chi connectivity index (χ3n) is 7.48. The molecule has 0 aliphatic carbocycles. The zero-order valence-corrected chi connectivity index (χ0v) is 26.4. The minimum absolute atomic E-state index is 0.0265. The van der Waals surface area contributed by atoms with Crippen LogP contribution in [-0.4, -0.2) is 84.9 Å². The summed E-state index contributed by atoms with van der Waals surface area (Å²) < 4.78 is 20.9. The topological polar surface area (TPSA) is 151 Å². The summed E-state index contributed by atoms with van der Waals surface area (Å²) in [6.45, 7) is 6.00. The van der Waals surface area contributed by atoms with E-state index >= 15 is 4.39 Å². The van der Waals surface area contributed by atoms with Crippen molar-refractivity contribution in [3.05, 3.63) is 77.4 Å². The van der Waals surface area contributed by atoms with E-state index in [1.807, 2.05) is 19.9 Å². The van der Waals surface area contributed by atoms with Crippen LogP contribution < -0.4 is 21.3 Å². The third-order valence-corrected chi connectivity index (χ3v) is 7.48. The van der Waals surface area contributed by atoms with E-state index in [0.717, 1.165) is 16.8 Å². The van der Waals surface area contributed by atoms with Gasteiger partial charge in [-0.3, -0.25) is 14.8 Å². The summed E-state index contributed by atoms with van der Waals surface area (Å²) >= 11 is 0. The van der Waals surface area contributed by atoms with Crippen molar-refractivity contribution in [2.45, 2.75) is 13.8 Å². The SMILES string of the molecule is CN=C(C)C(=C(C)N)c1cnc2c(N3CCOCC3)nc(-c3ccc(NC(=O)Nc4ccc(C(=O)N(C)C)cc4)c(F)c3)nc2c1. The molecule has 12 nitrogen and oxygen atoms in total. The number of rotatable bonds is 7. The highest BCUT2D eigenvalue weighted by molar-refractivity contribution is 6.23. The maximum Gasteiger partial charge on any atom is 0.323 e. The van der Waals surface area contributed by atoms with E-state index in [4.69, 9.17) is 25.4 Å². The molecule has 4 aromatic rings. The zero-order valence-electron chi connectivity index (χ0n) is 26.4. The molecular formula is C33H36FN9O3. The highest BCUT2D eigenvalue weighted by Crippen LogP contribution is 2.31. The van der Waals surface area contributed by atoms with E-state index in [1.165, 1.54) is 17.0 Å². The second-order valence-electron chi connectivity index (χ2n) is 11.0. The van der Waals surface area contributed by atoms with Gasteiger partial charge in [0.15, 0.2) is 11.6 Å². The predicted molar refractivity (Wildman–Crippen MR) is 179 cm³/mol. The van der Waals surface area contributed by atoms with E-state index in [2.05, 4.69) is 20.5 Å². The number of carbonyl (C=O) groups excluding carboxylic acids is 2. The first-order valence-electron chi connectivity index (χ1n) is 14.7. The summed E-state index contributed by atoms with van der Waals surface area (Å²) in [6.07, 6.45) is 1.73. The number of halogens is 1. The monoisotopic (exact) mass is 625 g/mol. The number of aromatic nitrogens is 3. The number of hydrogen-bond acceptors (Lipinski definition) is 9. The van der Waals surface area contributed by atoms with Gasteiger partial charge in [0.05, 0.1) is 24.4 Å². The molecule has 1 fully saturated rings. The van der Waals surface area contributed by atoms with Crippen LogP contribution in [0.25, 0.3) is 28.0 Å². The second kappa shape index (κ2) is 13.7. The summed E-state index contributed by atoms with van der Waals surface area (Å²) in [5, 5.41) is 5.18. The number of nitrogens with two attached hydrogens (primary N) is 1. The molecule has 5 rings (SSSR count). The van der Waals surface area contributed by atoms with Crippen LogP contribution in [0.4, 0.5) is 26.4 Å². The molecule has 0 bridgehead atoms. The number of ether oxygens (including phenoxy) is 1. The van der Waals surface area contributed by atoms with Crippen molar-refractivity contribution in [2.24, 2.45) is 10.7 Å². The van der Waals surface area contributed by atoms with Gasteiger partial charge < -0.3 is 30.9 Å². The Balaban J connectivity index is 1.44. The van der Waals surface area contributed by atoms with Crippen LogP contribution in [0.3, 0.4) is 0 Å². The van der Waals surface area contributed by atoms with Crippen LogP contribution in [0.15, 0.2) is 65.4 Å². The molecule has 1 aliphatic rings. The zero-order chi connectivity index (χ0) is 33.0. The van der Waals surface area contributed by atoms with Crippen LogP contribution in [0.5, 0.6) is 0 Å². The molecule has 0 radical (unpaired) electrons. The van der Waals surface area contributed by atoms with Crippen molar-refractivity contribution in [3.8, 4) is 11.4 Å². The average molecular weight is 626 g/mol. The normalized spacial score (nSPS) is 14.1. The smallest absolute Gasteiger partial charge is 0.323 e. The molecule has 3 heterocycles. The van der Waals surface area contributed by atoms with Crippen LogP contribution >= 0.6 is 0 Å². The number of hydrogen-bond donors (Lipinski definition) is 3. The number of carbonyl (C=O) groups is 2. The summed E-state index contributed by atoms with van der Waals surface area (Å²) in [4.78, 5) is 46.9. The molecule has 0 spiro atoms. The van der Waals surface area contributed by atoms with Crippen LogP contribution in [0.2, 0.25) is 0 Å². The summed E-state index contributed by atoms with van der Waals surface area (Å²) in [6, 6.07) is 12.0. The van der Waals surface area contributed by atoms with E-state index in [1.54, 1.807) is 57.7 Å². The molecule has 0 saturated carbocycles. The number of nitrogens with zero attached hydrogens (tertiary/aromatic N) is 6. The van der Waals surface area contributed by atoms with Crippen molar-refractivity contribution >= 4 is 51.4 Å². The van der Waals surface area contributed by atoms with E-state index in [9.17, 15) is 9.59 Å². The number of morpholine rings is 1. The quantitative estimate of drug-likeness (QED) is 0.248. The fraction of sp³-hybridized carbons (Fsp3) is 0.273. The van der Waals surface area contributed by atoms with Gasteiger partial charge in [0.1, 0.15) is 11.3 Å². The largest absolute Gasteiger partial charge is 0.402 e. The van der Waals surface area contributed by atoms with Crippen molar-refractivity contribution in [1.29, 1.82) is 0 Å². The van der Waals surface area contributed by atoms with Crippen molar-refractivity contribution < 1.29 is 18.7 Å². The van der Waals surface area contributed by atoms with Crippen LogP contribution in [0, 0.1) is 5.82 Å². The van der Waals surface area contributed by atoms with Gasteiger partial charge in [-0.05, 0) is 62.4 Å². The number of benzene rings is 2. The number of anilines is 3. The molecule has 1 saturated heterocycles. The van der Waals surface area contributed by atoms with Gasteiger partial charge in [-0.15, -0.1) is 0 Å². The average Bonchev–Trinajstić information content (AvgIpc) is 3.05. The maximum absolute atomic E-state index is 15.4. The first kappa shape index (κ1) is 32.0. The Morgan fingerprint density at radius 3 is 2.35 bits per heavy atom. The Morgan fingerprint density at radius 1 is 1.00 bits per heavy atom. The predicted octanol–water partition coefficient (Wildman–Crippen LogP) is 4.79. The lowest BCUT2D eigenvalue weighted by atomic mass is 10.0. The lowest BCUT2D eigenvalue weighted by Gasteiger charge is -2.28. The molecule has 2 aromatic heterocycles. The Bertz CT molecular complexity index is 1850. The van der Waals surface area contributed by atoms with E-state index < -0.39 is 11.8 Å². The van der Waals surface area contributed by atoms with Crippen LogP contribution in [0.1, 0.15) is 29.8 Å². The Labute approximate surface area is 266 Å². The fourth-order valence-electron chi connectivity index (χ4n) is 5.09. The number of nitrogens with one attached hydrogen (secondary N) is 2. The Morgan fingerprint density at radius 2 is 1.72 bits per heavy atom.